The Kier molecular flexibility index (Phi) is 5.95. The van der Waals surface area contributed by atoms with Gasteiger partial charge in [0.2, 0.25) is 5.91 Å². The predicted molar refractivity (Wildman–Crippen MR) is 85.3 cm³/mol. The molecule has 1 aliphatic rings. The number of nitrogens with one attached hydrogen (secondary N) is 1. The molecule has 5 nitrogen and oxygen atoms in total. The van der Waals surface area contributed by atoms with E-state index in [1.165, 1.54) is 7.11 Å². The standard InChI is InChI=1S/C17H24N2O3/c1-22-16(20)10-7-12-5-8-15(9-6-12)19-17(21)13-3-2-4-14(18)11-13/h5-6,8-9,13-14H,2-4,7,10-11,18H2,1H3,(H,19,21). The Labute approximate surface area is 131 Å². The Morgan fingerprint density at radius 1 is 1.27 bits per heavy atom. The van der Waals surface area contributed by atoms with E-state index in [4.69, 9.17) is 5.73 Å². The first-order valence-corrected chi connectivity index (χ1v) is 7.80. The molecule has 2 atom stereocenters. The summed E-state index contributed by atoms with van der Waals surface area (Å²) in [5.41, 5.74) is 7.76. The SMILES string of the molecule is COC(=O)CCc1ccc(NC(=O)C2CCCC(N)C2)cc1. The highest BCUT2D eigenvalue weighted by atomic mass is 16.5. The third kappa shape index (κ3) is 4.84. The van der Waals surface area contributed by atoms with Gasteiger partial charge in [-0.2, -0.15) is 0 Å². The maximum absolute atomic E-state index is 12.2. The van der Waals surface area contributed by atoms with Gasteiger partial charge < -0.3 is 15.8 Å². The van der Waals surface area contributed by atoms with Gasteiger partial charge in [-0.3, -0.25) is 9.59 Å². The van der Waals surface area contributed by atoms with Crippen molar-refractivity contribution in [3.05, 3.63) is 29.8 Å². The lowest BCUT2D eigenvalue weighted by Crippen LogP contribution is -2.34. The molecule has 2 unspecified atom stereocenters. The van der Waals surface area contributed by atoms with E-state index in [0.717, 1.165) is 36.9 Å². The summed E-state index contributed by atoms with van der Waals surface area (Å²) in [7, 11) is 1.39. The summed E-state index contributed by atoms with van der Waals surface area (Å²) in [6.07, 6.45) is 4.71. The van der Waals surface area contributed by atoms with Crippen molar-refractivity contribution in [3.63, 3.8) is 0 Å². The van der Waals surface area contributed by atoms with Gasteiger partial charge in [0.1, 0.15) is 0 Å². The second kappa shape index (κ2) is 7.94. The number of methoxy groups -OCH3 is 1. The number of aryl methyl sites for hydroxylation is 1. The minimum Gasteiger partial charge on any atom is -0.469 e. The van der Waals surface area contributed by atoms with Crippen LogP contribution in [0, 0.1) is 5.92 Å². The van der Waals surface area contributed by atoms with Gasteiger partial charge in [-0.25, -0.2) is 0 Å². The van der Waals surface area contributed by atoms with E-state index in [-0.39, 0.29) is 23.8 Å². The molecule has 0 spiro atoms. The third-order valence-electron chi connectivity index (χ3n) is 4.15. The normalized spacial score (nSPS) is 21.2. The van der Waals surface area contributed by atoms with Gasteiger partial charge in [0.05, 0.1) is 7.11 Å². The molecule has 0 radical (unpaired) electrons. The summed E-state index contributed by atoms with van der Waals surface area (Å²) in [6.45, 7) is 0. The summed E-state index contributed by atoms with van der Waals surface area (Å²) in [6, 6.07) is 7.72. The lowest BCUT2D eigenvalue weighted by atomic mass is 9.85. The van der Waals surface area contributed by atoms with Crippen molar-refractivity contribution in [1.29, 1.82) is 0 Å². The van der Waals surface area contributed by atoms with E-state index in [0.29, 0.717) is 12.8 Å². The average Bonchev–Trinajstić information content (AvgIpc) is 2.53. The molecule has 120 valence electrons. The molecule has 0 aromatic heterocycles. The lowest BCUT2D eigenvalue weighted by Gasteiger charge is -2.25. The molecule has 0 aliphatic heterocycles. The molecular weight excluding hydrogens is 280 g/mol. The van der Waals surface area contributed by atoms with Crippen molar-refractivity contribution in [1.82, 2.24) is 0 Å². The highest BCUT2D eigenvalue weighted by Crippen LogP contribution is 2.24. The summed E-state index contributed by atoms with van der Waals surface area (Å²) in [5.74, 6) is -0.147. The van der Waals surface area contributed by atoms with Gasteiger partial charge in [0, 0.05) is 24.1 Å². The fraction of sp³-hybridized carbons (Fsp3) is 0.529. The first-order valence-electron chi connectivity index (χ1n) is 7.80. The molecule has 1 fully saturated rings. The Balaban J connectivity index is 1.85. The van der Waals surface area contributed by atoms with Gasteiger partial charge in [-0.05, 0) is 43.4 Å². The number of amides is 1. The number of hydrogen-bond donors (Lipinski definition) is 2. The quantitative estimate of drug-likeness (QED) is 0.817. The first kappa shape index (κ1) is 16.5. The van der Waals surface area contributed by atoms with Crippen LogP contribution < -0.4 is 11.1 Å². The van der Waals surface area contributed by atoms with Crippen LogP contribution in [0.15, 0.2) is 24.3 Å². The van der Waals surface area contributed by atoms with E-state index in [1.54, 1.807) is 0 Å². The van der Waals surface area contributed by atoms with Crippen LogP contribution in [0.2, 0.25) is 0 Å². The zero-order valence-corrected chi connectivity index (χ0v) is 13.0. The zero-order chi connectivity index (χ0) is 15.9. The third-order valence-corrected chi connectivity index (χ3v) is 4.15. The Bertz CT molecular complexity index is 513. The van der Waals surface area contributed by atoms with Crippen LogP contribution >= 0.6 is 0 Å². The van der Waals surface area contributed by atoms with Gasteiger partial charge in [0.15, 0.2) is 0 Å². The van der Waals surface area contributed by atoms with Gasteiger partial charge in [0.25, 0.3) is 0 Å². The molecule has 1 saturated carbocycles. The number of carbonyl (C=O) groups is 2. The molecule has 0 bridgehead atoms. The van der Waals surface area contributed by atoms with Crippen LogP contribution in [0.3, 0.4) is 0 Å². The topological polar surface area (TPSA) is 81.4 Å². The van der Waals surface area contributed by atoms with Gasteiger partial charge in [-0.15, -0.1) is 0 Å². The molecule has 0 saturated heterocycles. The second-order valence-corrected chi connectivity index (χ2v) is 5.89. The summed E-state index contributed by atoms with van der Waals surface area (Å²) in [4.78, 5) is 23.3. The second-order valence-electron chi connectivity index (χ2n) is 5.89. The van der Waals surface area contributed by atoms with Crippen LogP contribution in [-0.4, -0.2) is 25.0 Å². The number of nitrogens with two attached hydrogens (primary N) is 1. The van der Waals surface area contributed by atoms with Crippen LogP contribution in [0.4, 0.5) is 5.69 Å². The van der Waals surface area contributed by atoms with E-state index < -0.39 is 0 Å². The molecule has 3 N–H and O–H groups in total. The molecule has 1 aromatic rings. The van der Waals surface area contributed by atoms with Crippen LogP contribution in [0.5, 0.6) is 0 Å². The van der Waals surface area contributed by atoms with Crippen LogP contribution in [0.25, 0.3) is 0 Å². The monoisotopic (exact) mass is 304 g/mol. The van der Waals surface area contributed by atoms with Crippen molar-refractivity contribution in [2.24, 2.45) is 11.7 Å². The first-order chi connectivity index (χ1) is 10.6. The largest absolute Gasteiger partial charge is 0.469 e. The van der Waals surface area contributed by atoms with Crippen molar-refractivity contribution >= 4 is 17.6 Å². The number of hydrogen-bond acceptors (Lipinski definition) is 4. The van der Waals surface area contributed by atoms with E-state index in [1.807, 2.05) is 24.3 Å². The van der Waals surface area contributed by atoms with E-state index in [2.05, 4.69) is 10.1 Å². The number of esters is 1. The Morgan fingerprint density at radius 3 is 2.64 bits per heavy atom. The molecular formula is C17H24N2O3. The summed E-state index contributed by atoms with van der Waals surface area (Å²) < 4.78 is 4.62. The van der Waals surface area contributed by atoms with Crippen LogP contribution in [-0.2, 0) is 20.7 Å². The zero-order valence-electron chi connectivity index (χ0n) is 13.0. The number of ether oxygens (including phenoxy) is 1. The minimum atomic E-state index is -0.217. The van der Waals surface area contributed by atoms with Gasteiger partial charge in [-0.1, -0.05) is 18.6 Å². The van der Waals surface area contributed by atoms with Crippen molar-refractivity contribution in [2.45, 2.75) is 44.6 Å². The molecule has 1 aromatic carbocycles. The summed E-state index contributed by atoms with van der Waals surface area (Å²) >= 11 is 0. The fourth-order valence-electron chi connectivity index (χ4n) is 2.81. The van der Waals surface area contributed by atoms with Gasteiger partial charge >= 0.3 is 5.97 Å². The Morgan fingerprint density at radius 2 is 2.00 bits per heavy atom. The number of benzene rings is 1. The number of carbonyl (C=O) groups excluding carboxylic acids is 2. The molecule has 1 aliphatic carbocycles. The molecule has 2 rings (SSSR count). The molecule has 1 amide bonds. The van der Waals surface area contributed by atoms with E-state index >= 15 is 0 Å². The van der Waals surface area contributed by atoms with E-state index in [9.17, 15) is 9.59 Å². The Hall–Kier alpha value is -1.88. The highest BCUT2D eigenvalue weighted by molar-refractivity contribution is 5.92. The summed E-state index contributed by atoms with van der Waals surface area (Å²) in [5, 5.41) is 2.95. The lowest BCUT2D eigenvalue weighted by molar-refractivity contribution is -0.140. The highest BCUT2D eigenvalue weighted by Gasteiger charge is 2.25. The predicted octanol–water partition coefficient (Wildman–Crippen LogP) is 2.25. The average molecular weight is 304 g/mol. The maximum Gasteiger partial charge on any atom is 0.305 e. The fourth-order valence-corrected chi connectivity index (χ4v) is 2.81. The molecule has 5 heteroatoms. The smallest absolute Gasteiger partial charge is 0.305 e. The minimum absolute atomic E-state index is 0.0164. The van der Waals surface area contributed by atoms with Crippen molar-refractivity contribution < 1.29 is 14.3 Å². The van der Waals surface area contributed by atoms with Crippen LogP contribution in [0.1, 0.15) is 37.7 Å². The van der Waals surface area contributed by atoms with Crippen molar-refractivity contribution in [2.75, 3.05) is 12.4 Å². The number of rotatable bonds is 5. The van der Waals surface area contributed by atoms with Crippen molar-refractivity contribution in [3.8, 4) is 0 Å². The maximum atomic E-state index is 12.2. The molecule has 22 heavy (non-hydrogen) atoms. The number of anilines is 1. The molecule has 0 heterocycles.